The van der Waals surface area contributed by atoms with Gasteiger partial charge in [0.25, 0.3) is 0 Å². The molecular formula is C11H22N4O3. The fraction of sp³-hybridized carbons (Fsp3) is 0.727. The highest BCUT2D eigenvalue weighted by molar-refractivity contribution is 5.97. The van der Waals surface area contributed by atoms with Gasteiger partial charge in [-0.1, -0.05) is 0 Å². The number of urea groups is 1. The first-order chi connectivity index (χ1) is 8.29. The maximum Gasteiger partial charge on any atom is 0.321 e. The minimum atomic E-state index is -0.633. The number of carbonyl (C=O) groups excluding carboxylic acids is 3. The molecule has 0 heterocycles. The maximum atomic E-state index is 11.6. The number of hydrogen-bond acceptors (Lipinski definition) is 4. The summed E-state index contributed by atoms with van der Waals surface area (Å²) in [6.07, 6.45) is 0. The van der Waals surface area contributed by atoms with Crippen molar-refractivity contribution >= 4 is 17.8 Å². The Kier molecular flexibility index (Phi) is 6.96. The van der Waals surface area contributed by atoms with Crippen molar-refractivity contribution in [2.45, 2.75) is 32.9 Å². The van der Waals surface area contributed by atoms with Gasteiger partial charge in [-0.2, -0.15) is 0 Å². The summed E-state index contributed by atoms with van der Waals surface area (Å²) in [5, 5.41) is 7.45. The molecule has 0 aromatic rings. The molecule has 0 aliphatic heterocycles. The number of likely N-dealkylation sites (N-methyl/N-ethyl adjacent to an activating group) is 1. The molecule has 0 aliphatic carbocycles. The molecule has 0 bridgehead atoms. The summed E-state index contributed by atoms with van der Waals surface area (Å²) < 4.78 is 0. The second-order valence-electron chi connectivity index (χ2n) is 4.19. The van der Waals surface area contributed by atoms with Gasteiger partial charge in [-0.3, -0.25) is 20.2 Å². The topological polar surface area (TPSA) is 90.5 Å². The van der Waals surface area contributed by atoms with Crippen molar-refractivity contribution in [2.24, 2.45) is 0 Å². The van der Waals surface area contributed by atoms with E-state index in [4.69, 9.17) is 0 Å². The number of nitrogens with zero attached hydrogens (tertiary/aromatic N) is 1. The van der Waals surface area contributed by atoms with E-state index in [0.29, 0.717) is 6.54 Å². The zero-order chi connectivity index (χ0) is 14.3. The van der Waals surface area contributed by atoms with Gasteiger partial charge in [0.1, 0.15) is 0 Å². The van der Waals surface area contributed by atoms with E-state index in [0.717, 1.165) is 0 Å². The van der Waals surface area contributed by atoms with Crippen LogP contribution in [0.5, 0.6) is 0 Å². The Labute approximate surface area is 107 Å². The van der Waals surface area contributed by atoms with Crippen molar-refractivity contribution in [3.8, 4) is 0 Å². The van der Waals surface area contributed by atoms with E-state index in [9.17, 15) is 14.4 Å². The van der Waals surface area contributed by atoms with Crippen LogP contribution in [0.1, 0.15) is 20.8 Å². The molecule has 4 amide bonds. The second-order valence-corrected chi connectivity index (χ2v) is 4.19. The molecule has 0 saturated heterocycles. The first kappa shape index (κ1) is 16.4. The summed E-state index contributed by atoms with van der Waals surface area (Å²) in [7, 11) is 3.28. The van der Waals surface area contributed by atoms with E-state index in [-0.39, 0.29) is 5.91 Å². The molecule has 0 aliphatic rings. The fourth-order valence-electron chi connectivity index (χ4n) is 1.33. The third-order valence-electron chi connectivity index (χ3n) is 2.28. The summed E-state index contributed by atoms with van der Waals surface area (Å²) in [6.45, 7) is 5.45. The lowest BCUT2D eigenvalue weighted by atomic mass is 10.2. The van der Waals surface area contributed by atoms with Crippen LogP contribution in [-0.4, -0.2) is 55.5 Å². The molecule has 0 spiro atoms. The Hall–Kier alpha value is -1.63. The van der Waals surface area contributed by atoms with E-state index in [2.05, 4.69) is 16.0 Å². The first-order valence-electron chi connectivity index (χ1n) is 5.85. The van der Waals surface area contributed by atoms with Gasteiger partial charge in [0.2, 0.25) is 11.8 Å². The van der Waals surface area contributed by atoms with Crippen molar-refractivity contribution in [1.29, 1.82) is 0 Å². The van der Waals surface area contributed by atoms with Gasteiger partial charge in [-0.25, -0.2) is 4.79 Å². The second kappa shape index (κ2) is 7.65. The molecule has 2 atom stereocenters. The minimum absolute atomic E-state index is 0.132. The molecule has 0 aromatic carbocycles. The highest BCUT2D eigenvalue weighted by Crippen LogP contribution is 1.92. The van der Waals surface area contributed by atoms with Gasteiger partial charge in [-0.05, 0) is 20.8 Å². The molecule has 7 heteroatoms. The fourth-order valence-corrected chi connectivity index (χ4v) is 1.33. The normalized spacial score (nSPS) is 13.4. The van der Waals surface area contributed by atoms with Crippen LogP contribution in [0.15, 0.2) is 0 Å². The Morgan fingerprint density at radius 1 is 1.11 bits per heavy atom. The summed E-state index contributed by atoms with van der Waals surface area (Å²) in [6, 6.07) is -1.66. The van der Waals surface area contributed by atoms with Crippen LogP contribution >= 0.6 is 0 Å². The van der Waals surface area contributed by atoms with Crippen LogP contribution in [0.2, 0.25) is 0 Å². The SMILES string of the molecule is CCNC(=O)NC(=O)C(C)NC(C)C(=O)N(C)C. The monoisotopic (exact) mass is 258 g/mol. The quantitative estimate of drug-likeness (QED) is 0.607. The van der Waals surface area contributed by atoms with Gasteiger partial charge in [0.05, 0.1) is 12.1 Å². The summed E-state index contributed by atoms with van der Waals surface area (Å²) in [5.41, 5.74) is 0. The number of carbonyl (C=O) groups is 3. The van der Waals surface area contributed by atoms with Crippen LogP contribution in [0.4, 0.5) is 4.79 Å². The van der Waals surface area contributed by atoms with Crippen molar-refractivity contribution < 1.29 is 14.4 Å². The summed E-state index contributed by atoms with van der Waals surface area (Å²) in [5.74, 6) is -0.605. The Bertz CT molecular complexity index is 317. The highest BCUT2D eigenvalue weighted by Gasteiger charge is 2.21. The standard InChI is InChI=1S/C11H22N4O3/c1-6-12-11(18)14-9(16)7(2)13-8(3)10(17)15(4)5/h7-8,13H,6H2,1-5H3,(H2,12,14,16,18). The van der Waals surface area contributed by atoms with Crippen LogP contribution in [0.25, 0.3) is 0 Å². The number of hydrogen-bond donors (Lipinski definition) is 3. The number of amides is 4. The van der Waals surface area contributed by atoms with E-state index in [1.54, 1.807) is 34.9 Å². The minimum Gasteiger partial charge on any atom is -0.347 e. The van der Waals surface area contributed by atoms with Gasteiger partial charge in [0, 0.05) is 20.6 Å². The third kappa shape index (κ3) is 5.62. The molecule has 104 valence electrons. The van der Waals surface area contributed by atoms with Crippen LogP contribution in [-0.2, 0) is 9.59 Å². The van der Waals surface area contributed by atoms with Crippen LogP contribution in [0.3, 0.4) is 0 Å². The molecular weight excluding hydrogens is 236 g/mol. The van der Waals surface area contributed by atoms with E-state index in [1.165, 1.54) is 4.90 Å². The van der Waals surface area contributed by atoms with E-state index < -0.39 is 24.0 Å². The molecule has 0 fully saturated rings. The molecule has 3 N–H and O–H groups in total. The van der Waals surface area contributed by atoms with Gasteiger partial charge in [0.15, 0.2) is 0 Å². The molecule has 18 heavy (non-hydrogen) atoms. The highest BCUT2D eigenvalue weighted by atomic mass is 16.2. The largest absolute Gasteiger partial charge is 0.347 e. The van der Waals surface area contributed by atoms with Gasteiger partial charge in [-0.15, -0.1) is 0 Å². The lowest BCUT2D eigenvalue weighted by Gasteiger charge is -2.21. The molecule has 0 rings (SSSR count). The van der Waals surface area contributed by atoms with Crippen molar-refractivity contribution in [3.05, 3.63) is 0 Å². The lowest BCUT2D eigenvalue weighted by Crippen LogP contribution is -2.53. The predicted molar refractivity (Wildman–Crippen MR) is 68.0 cm³/mol. The molecule has 0 radical (unpaired) electrons. The summed E-state index contributed by atoms with van der Waals surface area (Å²) >= 11 is 0. The Morgan fingerprint density at radius 2 is 1.67 bits per heavy atom. The van der Waals surface area contributed by atoms with Crippen LogP contribution in [0, 0.1) is 0 Å². The smallest absolute Gasteiger partial charge is 0.321 e. The average Bonchev–Trinajstić information content (AvgIpc) is 2.27. The molecule has 2 unspecified atom stereocenters. The third-order valence-corrected chi connectivity index (χ3v) is 2.28. The van der Waals surface area contributed by atoms with Gasteiger partial charge < -0.3 is 10.2 Å². The van der Waals surface area contributed by atoms with E-state index >= 15 is 0 Å². The first-order valence-corrected chi connectivity index (χ1v) is 5.85. The average molecular weight is 258 g/mol. The number of rotatable bonds is 5. The molecule has 0 saturated carbocycles. The summed E-state index contributed by atoms with van der Waals surface area (Å²) in [4.78, 5) is 35.8. The zero-order valence-electron chi connectivity index (χ0n) is 11.5. The van der Waals surface area contributed by atoms with E-state index in [1.807, 2.05) is 0 Å². The molecule has 0 aromatic heterocycles. The Morgan fingerprint density at radius 3 is 2.11 bits per heavy atom. The Balaban J connectivity index is 4.23. The zero-order valence-corrected chi connectivity index (χ0v) is 11.5. The number of nitrogens with one attached hydrogen (secondary N) is 3. The van der Waals surface area contributed by atoms with Crippen molar-refractivity contribution in [1.82, 2.24) is 20.9 Å². The van der Waals surface area contributed by atoms with Crippen LogP contribution < -0.4 is 16.0 Å². The van der Waals surface area contributed by atoms with Gasteiger partial charge >= 0.3 is 6.03 Å². The van der Waals surface area contributed by atoms with Crippen molar-refractivity contribution in [3.63, 3.8) is 0 Å². The van der Waals surface area contributed by atoms with Crippen molar-refractivity contribution in [2.75, 3.05) is 20.6 Å². The number of imide groups is 1. The maximum absolute atomic E-state index is 11.6. The molecule has 7 nitrogen and oxygen atoms in total. The predicted octanol–water partition coefficient (Wildman–Crippen LogP) is -0.713. The lowest BCUT2D eigenvalue weighted by molar-refractivity contribution is -0.131.